The Hall–Kier alpha value is -3.50. The molecule has 0 spiro atoms. The van der Waals surface area contributed by atoms with Crippen LogP contribution in [0.5, 0.6) is 0 Å². The number of fused-ring (bicyclic) bond motifs is 1. The van der Waals surface area contributed by atoms with Crippen LogP contribution in [0.25, 0.3) is 22.3 Å². The summed E-state index contributed by atoms with van der Waals surface area (Å²) in [6.07, 6.45) is 4.16. The van der Waals surface area contributed by atoms with Gasteiger partial charge in [0.25, 0.3) is 5.91 Å². The van der Waals surface area contributed by atoms with E-state index in [1.807, 2.05) is 29.2 Å². The molecular formula is C26H28FN5O3S. The number of carbonyl (C=O) groups is 1. The molecule has 1 fully saturated rings. The van der Waals surface area contributed by atoms with E-state index in [2.05, 4.69) is 10.3 Å². The zero-order chi connectivity index (χ0) is 25.6. The molecule has 2 aromatic carbocycles. The van der Waals surface area contributed by atoms with Gasteiger partial charge < -0.3 is 16.0 Å². The molecule has 0 unspecified atom stereocenters. The molecule has 188 valence electrons. The number of rotatable bonds is 5. The summed E-state index contributed by atoms with van der Waals surface area (Å²) < 4.78 is 40.4. The summed E-state index contributed by atoms with van der Waals surface area (Å²) in [4.78, 5) is 18.4. The van der Waals surface area contributed by atoms with Crippen LogP contribution in [0.1, 0.15) is 22.3 Å². The number of benzene rings is 2. The summed E-state index contributed by atoms with van der Waals surface area (Å²) in [5.41, 5.74) is 11.0. The van der Waals surface area contributed by atoms with Gasteiger partial charge in [-0.25, -0.2) is 22.1 Å². The summed E-state index contributed by atoms with van der Waals surface area (Å²) in [5, 5.41) is 2.83. The molecule has 1 saturated heterocycles. The SMILES string of the molecule is CN([C@@H]1CCN(c2ccc(-c3cnc(N)c(-c4ccc5c(c4)CCNC5=O)c3)c(F)c2)C1)S(C)(=O)=O. The number of amides is 1. The minimum atomic E-state index is -3.29. The first-order valence-electron chi connectivity index (χ1n) is 11.8. The van der Waals surface area contributed by atoms with Crippen molar-refractivity contribution < 1.29 is 17.6 Å². The Balaban J connectivity index is 1.41. The number of carbonyl (C=O) groups excluding carboxylic acids is 1. The lowest BCUT2D eigenvalue weighted by Gasteiger charge is -2.23. The van der Waals surface area contributed by atoms with Crippen LogP contribution in [0, 0.1) is 5.82 Å². The van der Waals surface area contributed by atoms with Crippen LogP contribution >= 0.6 is 0 Å². The van der Waals surface area contributed by atoms with Gasteiger partial charge in [0.15, 0.2) is 0 Å². The quantitative estimate of drug-likeness (QED) is 0.548. The first-order chi connectivity index (χ1) is 17.1. The largest absolute Gasteiger partial charge is 0.383 e. The molecule has 8 nitrogen and oxygen atoms in total. The van der Waals surface area contributed by atoms with E-state index in [-0.39, 0.29) is 11.9 Å². The Morgan fingerprint density at radius 2 is 1.89 bits per heavy atom. The Labute approximate surface area is 210 Å². The van der Waals surface area contributed by atoms with Crippen LogP contribution in [0.3, 0.4) is 0 Å². The van der Waals surface area contributed by atoms with Crippen molar-refractivity contribution in [2.24, 2.45) is 0 Å². The summed E-state index contributed by atoms with van der Waals surface area (Å²) in [6, 6.07) is 12.3. The van der Waals surface area contributed by atoms with Crippen LogP contribution in [0.2, 0.25) is 0 Å². The standard InChI is InChI=1S/C26H28FN5O3S/c1-31(36(2,34)35)20-8-10-32(15-20)19-4-6-21(24(27)13-19)18-12-23(25(28)30-14-18)16-3-5-22-17(11-16)7-9-29-26(22)33/h3-6,11-14,20H,7-10,15H2,1-2H3,(H2,28,30)(H,29,33)/t20-/m1/s1. The normalized spacial score (nSPS) is 17.8. The lowest BCUT2D eigenvalue weighted by Crippen LogP contribution is -2.38. The average Bonchev–Trinajstić information content (AvgIpc) is 3.33. The van der Waals surface area contributed by atoms with E-state index < -0.39 is 15.8 Å². The van der Waals surface area contributed by atoms with Gasteiger partial charge in [-0.2, -0.15) is 0 Å². The molecule has 0 radical (unpaired) electrons. The Morgan fingerprint density at radius 1 is 1.11 bits per heavy atom. The number of pyridine rings is 1. The number of nitrogens with two attached hydrogens (primary N) is 1. The fraction of sp³-hybridized carbons (Fsp3) is 0.308. The number of aromatic nitrogens is 1. The fourth-order valence-electron chi connectivity index (χ4n) is 4.93. The maximum Gasteiger partial charge on any atom is 0.251 e. The van der Waals surface area contributed by atoms with Crippen LogP contribution in [0.15, 0.2) is 48.7 Å². The Bertz CT molecular complexity index is 1460. The predicted molar refractivity (Wildman–Crippen MR) is 139 cm³/mol. The van der Waals surface area contributed by atoms with Crippen LogP contribution in [-0.2, 0) is 16.4 Å². The molecule has 0 saturated carbocycles. The van der Waals surface area contributed by atoms with Crippen molar-refractivity contribution in [1.29, 1.82) is 0 Å². The molecule has 2 aliphatic heterocycles. The Morgan fingerprint density at radius 3 is 2.64 bits per heavy atom. The summed E-state index contributed by atoms with van der Waals surface area (Å²) in [6.45, 7) is 1.74. The summed E-state index contributed by atoms with van der Waals surface area (Å²) in [7, 11) is -1.71. The minimum absolute atomic E-state index is 0.0860. The van der Waals surface area contributed by atoms with Gasteiger partial charge >= 0.3 is 0 Å². The van der Waals surface area contributed by atoms with E-state index in [1.54, 1.807) is 25.4 Å². The number of hydrogen-bond acceptors (Lipinski definition) is 6. The zero-order valence-corrected chi connectivity index (χ0v) is 21.0. The van der Waals surface area contributed by atoms with Crippen molar-refractivity contribution in [3.63, 3.8) is 0 Å². The second-order valence-electron chi connectivity index (χ2n) is 9.37. The van der Waals surface area contributed by atoms with E-state index in [1.165, 1.54) is 16.6 Å². The van der Waals surface area contributed by atoms with Gasteiger partial charge in [0.05, 0.1) is 6.26 Å². The molecule has 3 heterocycles. The maximum atomic E-state index is 15.3. The number of sulfonamides is 1. The predicted octanol–water partition coefficient (Wildman–Crippen LogP) is 2.89. The maximum absolute atomic E-state index is 15.3. The number of anilines is 2. The van der Waals surface area contributed by atoms with Crippen molar-refractivity contribution in [3.8, 4) is 22.3 Å². The zero-order valence-electron chi connectivity index (χ0n) is 20.2. The molecule has 3 N–H and O–H groups in total. The number of halogens is 1. The van der Waals surface area contributed by atoms with Crippen molar-refractivity contribution in [1.82, 2.24) is 14.6 Å². The van der Waals surface area contributed by atoms with Crippen molar-refractivity contribution in [3.05, 3.63) is 65.6 Å². The molecule has 1 amide bonds. The number of likely N-dealkylation sites (N-methyl/N-ethyl adjacent to an activating group) is 1. The van der Waals surface area contributed by atoms with Gasteiger partial charge in [-0.15, -0.1) is 0 Å². The van der Waals surface area contributed by atoms with E-state index in [0.29, 0.717) is 59.8 Å². The topological polar surface area (TPSA) is 109 Å². The fourth-order valence-corrected chi connectivity index (χ4v) is 5.64. The van der Waals surface area contributed by atoms with Gasteiger partial charge in [0.2, 0.25) is 10.0 Å². The van der Waals surface area contributed by atoms with E-state index >= 15 is 4.39 Å². The smallest absolute Gasteiger partial charge is 0.251 e. The third-order valence-corrected chi connectivity index (χ3v) is 8.43. The molecule has 10 heteroatoms. The van der Waals surface area contributed by atoms with E-state index in [9.17, 15) is 13.2 Å². The van der Waals surface area contributed by atoms with E-state index in [0.717, 1.165) is 17.5 Å². The molecule has 3 aromatic rings. The minimum Gasteiger partial charge on any atom is -0.383 e. The van der Waals surface area contributed by atoms with Crippen molar-refractivity contribution in [2.75, 3.05) is 43.6 Å². The summed E-state index contributed by atoms with van der Waals surface area (Å²) in [5.74, 6) is -0.154. The highest BCUT2D eigenvalue weighted by molar-refractivity contribution is 7.88. The molecule has 2 aliphatic rings. The molecular weight excluding hydrogens is 481 g/mol. The van der Waals surface area contributed by atoms with Crippen LogP contribution in [-0.4, -0.2) is 62.6 Å². The molecule has 1 atom stereocenters. The molecule has 36 heavy (non-hydrogen) atoms. The van der Waals surface area contributed by atoms with Gasteiger partial charge in [-0.05, 0) is 54.3 Å². The Kier molecular flexibility index (Phi) is 6.17. The number of nitrogens with zero attached hydrogens (tertiary/aromatic N) is 3. The molecule has 5 rings (SSSR count). The van der Waals surface area contributed by atoms with Crippen molar-refractivity contribution in [2.45, 2.75) is 18.9 Å². The van der Waals surface area contributed by atoms with Gasteiger partial charge in [0.1, 0.15) is 11.6 Å². The van der Waals surface area contributed by atoms with Gasteiger partial charge in [-0.1, -0.05) is 12.1 Å². The van der Waals surface area contributed by atoms with E-state index in [4.69, 9.17) is 5.73 Å². The highest BCUT2D eigenvalue weighted by atomic mass is 32.2. The average molecular weight is 510 g/mol. The van der Waals surface area contributed by atoms with Crippen LogP contribution < -0.4 is 16.0 Å². The molecule has 1 aromatic heterocycles. The second kappa shape index (κ2) is 9.18. The van der Waals surface area contributed by atoms with Crippen molar-refractivity contribution >= 4 is 27.4 Å². The number of nitrogen functional groups attached to an aromatic ring is 1. The molecule has 0 bridgehead atoms. The van der Waals surface area contributed by atoms with Gasteiger partial charge in [0, 0.05) is 66.9 Å². The first kappa shape index (κ1) is 24.2. The molecule has 0 aliphatic carbocycles. The number of nitrogens with one attached hydrogen (secondary N) is 1. The van der Waals surface area contributed by atoms with Gasteiger partial charge in [-0.3, -0.25) is 4.79 Å². The van der Waals surface area contributed by atoms with Crippen LogP contribution in [0.4, 0.5) is 15.9 Å². The third-order valence-electron chi connectivity index (χ3n) is 7.09. The highest BCUT2D eigenvalue weighted by Crippen LogP contribution is 2.34. The highest BCUT2D eigenvalue weighted by Gasteiger charge is 2.30. The lowest BCUT2D eigenvalue weighted by molar-refractivity contribution is 0.0946. The second-order valence-corrected chi connectivity index (χ2v) is 11.4. The number of hydrogen-bond donors (Lipinski definition) is 2. The summed E-state index contributed by atoms with van der Waals surface area (Å²) >= 11 is 0. The lowest BCUT2D eigenvalue weighted by atomic mass is 9.94. The monoisotopic (exact) mass is 509 g/mol. The first-order valence-corrected chi connectivity index (χ1v) is 13.6. The third kappa shape index (κ3) is 4.54.